The summed E-state index contributed by atoms with van der Waals surface area (Å²) < 4.78 is 31.5. The van der Waals surface area contributed by atoms with Crippen LogP contribution in [0, 0.1) is 0 Å². The number of alkyl halides is 3. The molecule has 100 valence electrons. The third-order valence-corrected chi connectivity index (χ3v) is 1.79. The van der Waals surface area contributed by atoms with Crippen LogP contribution in [-0.4, -0.2) is 18.7 Å². The van der Waals surface area contributed by atoms with Gasteiger partial charge in [-0.15, -0.1) is 0 Å². The average Bonchev–Trinajstić information content (AvgIpc) is 2.30. The number of quaternary nitrogens is 1. The number of carbonyl (C=O) groups is 1. The molecule has 2 N–H and O–H groups in total. The molecular formula is C12H14F3NO2. The minimum atomic E-state index is -5.19. The topological polar surface area (TPSA) is 56.7 Å². The third-order valence-electron chi connectivity index (χ3n) is 1.79. The van der Waals surface area contributed by atoms with Crippen molar-refractivity contribution in [1.82, 2.24) is 0 Å². The first-order valence-electron chi connectivity index (χ1n) is 5.12. The summed E-state index contributed by atoms with van der Waals surface area (Å²) in [6.45, 7) is 5.70. The fourth-order valence-electron chi connectivity index (χ4n) is 0.982. The zero-order valence-electron chi connectivity index (χ0n) is 9.61. The Labute approximate surface area is 103 Å². The van der Waals surface area contributed by atoms with E-state index in [1.165, 1.54) is 5.56 Å². The van der Waals surface area contributed by atoms with E-state index < -0.39 is 12.1 Å². The fourth-order valence-corrected chi connectivity index (χ4v) is 0.982. The highest BCUT2D eigenvalue weighted by molar-refractivity contribution is 5.70. The van der Waals surface area contributed by atoms with Gasteiger partial charge in [0.05, 0.1) is 6.54 Å². The molecule has 0 aliphatic rings. The highest BCUT2D eigenvalue weighted by Crippen LogP contribution is 2.11. The maximum atomic E-state index is 10.5. The summed E-state index contributed by atoms with van der Waals surface area (Å²) in [5, 5.41) is 11.0. The summed E-state index contributed by atoms with van der Waals surface area (Å²) in [7, 11) is 0. The molecule has 0 aromatic heterocycles. The molecule has 0 radical (unpaired) electrons. The number of rotatable bonds is 4. The van der Waals surface area contributed by atoms with E-state index in [4.69, 9.17) is 9.90 Å². The molecule has 0 unspecified atom stereocenters. The number of halogens is 3. The van der Waals surface area contributed by atoms with Gasteiger partial charge in [-0.25, -0.2) is 0 Å². The first kappa shape index (κ1) is 16.2. The van der Waals surface area contributed by atoms with Gasteiger partial charge in [0.1, 0.15) is 12.5 Å². The Morgan fingerprint density at radius 2 is 1.83 bits per heavy atom. The molecule has 0 heterocycles. The van der Waals surface area contributed by atoms with Crippen molar-refractivity contribution in [1.29, 1.82) is 0 Å². The molecule has 1 aromatic carbocycles. The van der Waals surface area contributed by atoms with Crippen molar-refractivity contribution in [2.24, 2.45) is 0 Å². The minimum Gasteiger partial charge on any atom is -0.542 e. The van der Waals surface area contributed by atoms with Crippen molar-refractivity contribution in [3.63, 3.8) is 0 Å². The molecule has 0 bridgehead atoms. The van der Waals surface area contributed by atoms with Gasteiger partial charge >= 0.3 is 6.18 Å². The maximum absolute atomic E-state index is 10.5. The Kier molecular flexibility index (Phi) is 7.46. The number of carbonyl (C=O) groups excluding carboxylic acids is 1. The van der Waals surface area contributed by atoms with Crippen LogP contribution in [0.4, 0.5) is 13.2 Å². The van der Waals surface area contributed by atoms with Crippen LogP contribution in [0.2, 0.25) is 0 Å². The van der Waals surface area contributed by atoms with Crippen LogP contribution in [0.15, 0.2) is 43.0 Å². The second-order valence-corrected chi connectivity index (χ2v) is 3.29. The van der Waals surface area contributed by atoms with Gasteiger partial charge in [0, 0.05) is 5.56 Å². The third kappa shape index (κ3) is 8.35. The summed E-state index contributed by atoms with van der Waals surface area (Å²) in [5.41, 5.74) is 1.37. The quantitative estimate of drug-likeness (QED) is 0.623. The molecule has 1 rings (SSSR count). The molecule has 0 atom stereocenters. The van der Waals surface area contributed by atoms with E-state index in [0.717, 1.165) is 13.1 Å². The van der Waals surface area contributed by atoms with E-state index in [1.54, 1.807) is 0 Å². The van der Waals surface area contributed by atoms with Gasteiger partial charge in [0.15, 0.2) is 0 Å². The molecule has 6 heteroatoms. The summed E-state index contributed by atoms with van der Waals surface area (Å²) in [6, 6.07) is 10.4. The van der Waals surface area contributed by atoms with Crippen LogP contribution in [0.25, 0.3) is 0 Å². The van der Waals surface area contributed by atoms with E-state index in [9.17, 15) is 13.2 Å². The molecule has 0 saturated heterocycles. The second kappa shape index (κ2) is 8.30. The lowest BCUT2D eigenvalue weighted by molar-refractivity contribution is -0.662. The first-order valence-corrected chi connectivity index (χ1v) is 5.12. The van der Waals surface area contributed by atoms with Crippen LogP contribution in [0.1, 0.15) is 5.56 Å². The summed E-state index contributed by atoms with van der Waals surface area (Å²) in [5.74, 6) is -3.01. The van der Waals surface area contributed by atoms with E-state index in [1.807, 2.05) is 12.1 Å². The van der Waals surface area contributed by atoms with E-state index in [-0.39, 0.29) is 0 Å². The van der Waals surface area contributed by atoms with Crippen molar-refractivity contribution in [3.05, 3.63) is 48.6 Å². The minimum absolute atomic E-state index is 0.995. The SMILES string of the molecule is C=CC[NH2+]Cc1ccccc1.O=C([O-])C(F)(F)F. The molecule has 0 fully saturated rings. The molecular weight excluding hydrogens is 247 g/mol. The predicted molar refractivity (Wildman–Crippen MR) is 58.2 cm³/mol. The molecule has 18 heavy (non-hydrogen) atoms. The maximum Gasteiger partial charge on any atom is 0.430 e. The monoisotopic (exact) mass is 261 g/mol. The summed E-state index contributed by atoms with van der Waals surface area (Å²) in [4.78, 5) is 8.78. The largest absolute Gasteiger partial charge is 0.542 e. The lowest BCUT2D eigenvalue weighted by Crippen LogP contribution is -2.82. The highest BCUT2D eigenvalue weighted by atomic mass is 19.4. The lowest BCUT2D eigenvalue weighted by Gasteiger charge is -2.03. The van der Waals surface area contributed by atoms with Crippen LogP contribution in [0.5, 0.6) is 0 Å². The number of carboxylic acid groups (broad SMARTS) is 1. The molecule has 1 aromatic rings. The number of carboxylic acids is 1. The summed E-state index contributed by atoms with van der Waals surface area (Å²) in [6.07, 6.45) is -3.27. The zero-order chi connectivity index (χ0) is 14.0. The molecule has 0 aliphatic carbocycles. The van der Waals surface area contributed by atoms with Crippen molar-refractivity contribution in [3.8, 4) is 0 Å². The first-order chi connectivity index (χ1) is 8.38. The Hall–Kier alpha value is -1.82. The van der Waals surface area contributed by atoms with Crippen molar-refractivity contribution < 1.29 is 28.4 Å². The normalized spacial score (nSPS) is 10.2. The van der Waals surface area contributed by atoms with Gasteiger partial charge < -0.3 is 15.2 Å². The highest BCUT2D eigenvalue weighted by Gasteiger charge is 2.28. The van der Waals surface area contributed by atoms with Gasteiger partial charge in [0.25, 0.3) is 0 Å². The number of benzene rings is 1. The van der Waals surface area contributed by atoms with Crippen molar-refractivity contribution >= 4 is 5.97 Å². The Bertz CT molecular complexity index is 363. The Morgan fingerprint density at radius 3 is 2.22 bits per heavy atom. The van der Waals surface area contributed by atoms with Crippen molar-refractivity contribution in [2.45, 2.75) is 12.7 Å². The van der Waals surface area contributed by atoms with Crippen LogP contribution >= 0.6 is 0 Å². The molecule has 0 amide bonds. The van der Waals surface area contributed by atoms with E-state index in [2.05, 4.69) is 36.2 Å². The number of hydrogen-bond acceptors (Lipinski definition) is 2. The smallest absolute Gasteiger partial charge is 0.430 e. The van der Waals surface area contributed by atoms with Crippen LogP contribution in [-0.2, 0) is 11.3 Å². The number of aliphatic carboxylic acids is 1. The number of nitrogens with two attached hydrogens (primary N) is 1. The average molecular weight is 261 g/mol. The van der Waals surface area contributed by atoms with Gasteiger partial charge in [-0.3, -0.25) is 0 Å². The molecule has 3 nitrogen and oxygen atoms in total. The molecule has 0 saturated carbocycles. The lowest BCUT2D eigenvalue weighted by atomic mass is 10.2. The Balaban J connectivity index is 0.000000360. The van der Waals surface area contributed by atoms with Gasteiger partial charge in [-0.05, 0) is 6.08 Å². The van der Waals surface area contributed by atoms with Crippen LogP contribution < -0.4 is 10.4 Å². The number of hydrogen-bond donors (Lipinski definition) is 1. The van der Waals surface area contributed by atoms with Gasteiger partial charge in [0.2, 0.25) is 0 Å². The van der Waals surface area contributed by atoms with E-state index in [0.29, 0.717) is 0 Å². The molecule has 0 aliphatic heterocycles. The molecule has 0 spiro atoms. The van der Waals surface area contributed by atoms with Crippen molar-refractivity contribution in [2.75, 3.05) is 6.54 Å². The zero-order valence-corrected chi connectivity index (χ0v) is 9.61. The second-order valence-electron chi connectivity index (χ2n) is 3.29. The standard InChI is InChI=1S/C10H13N.C2HF3O2/c1-2-8-11-9-10-6-4-3-5-7-10;3-2(4,5)1(6)7/h2-7,11H,1,8-9H2;(H,6,7). The fraction of sp³-hybridized carbons (Fsp3) is 0.250. The van der Waals surface area contributed by atoms with E-state index >= 15 is 0 Å². The summed E-state index contributed by atoms with van der Waals surface area (Å²) >= 11 is 0. The van der Waals surface area contributed by atoms with Gasteiger partial charge in [-0.2, -0.15) is 13.2 Å². The predicted octanol–water partition coefficient (Wildman–Crippen LogP) is 0.235. The Morgan fingerprint density at radius 1 is 1.33 bits per heavy atom. The van der Waals surface area contributed by atoms with Crippen LogP contribution in [0.3, 0.4) is 0 Å². The van der Waals surface area contributed by atoms with Gasteiger partial charge in [-0.1, -0.05) is 36.9 Å².